The van der Waals surface area contributed by atoms with Crippen molar-refractivity contribution in [2.75, 3.05) is 13.2 Å². The second kappa shape index (κ2) is 6.31. The van der Waals surface area contributed by atoms with Crippen LogP contribution in [0.2, 0.25) is 0 Å². The molecule has 0 bridgehead atoms. The van der Waals surface area contributed by atoms with Crippen molar-refractivity contribution in [1.82, 2.24) is 0 Å². The highest BCUT2D eigenvalue weighted by atomic mass is 31.2. The van der Waals surface area contributed by atoms with Gasteiger partial charge in [0.2, 0.25) is 0 Å². The minimum absolute atomic E-state index is 0.236. The lowest BCUT2D eigenvalue weighted by atomic mass is 10.2. The molecule has 0 radical (unpaired) electrons. The van der Waals surface area contributed by atoms with Crippen molar-refractivity contribution in [2.45, 2.75) is 26.6 Å². The van der Waals surface area contributed by atoms with Gasteiger partial charge < -0.3 is 14.2 Å². The molecule has 4 nitrogen and oxygen atoms in total. The van der Waals surface area contributed by atoms with Gasteiger partial charge in [-0.15, -0.1) is 0 Å². The van der Waals surface area contributed by atoms with Gasteiger partial charge in [0.25, 0.3) is 0 Å². The average Bonchev–Trinajstić information content (AvgIpc) is 2.30. The van der Waals surface area contributed by atoms with Gasteiger partial charge in [-0.1, -0.05) is 29.8 Å². The minimum Gasteiger partial charge on any atom is -0.376 e. The summed E-state index contributed by atoms with van der Waals surface area (Å²) < 4.78 is 22.5. The molecule has 0 saturated heterocycles. The second-order valence-corrected chi connectivity index (χ2v) is 5.74. The third kappa shape index (κ3) is 3.65. The van der Waals surface area contributed by atoms with E-state index in [0.717, 1.165) is 5.56 Å². The maximum Gasteiger partial charge on any atom is 0.363 e. The van der Waals surface area contributed by atoms with Crippen molar-refractivity contribution in [3.05, 3.63) is 35.4 Å². The van der Waals surface area contributed by atoms with E-state index in [1.54, 1.807) is 26.0 Å². The summed E-state index contributed by atoms with van der Waals surface area (Å²) in [6.45, 7) is 5.85. The third-order valence-electron chi connectivity index (χ3n) is 2.29. The van der Waals surface area contributed by atoms with Crippen molar-refractivity contribution >= 4 is 7.60 Å². The molecule has 1 aromatic rings. The van der Waals surface area contributed by atoms with Crippen LogP contribution in [-0.2, 0) is 13.6 Å². The molecule has 0 aliphatic carbocycles. The summed E-state index contributed by atoms with van der Waals surface area (Å²) in [6, 6.07) is 7.15. The zero-order valence-electron chi connectivity index (χ0n) is 10.4. The fraction of sp³-hybridized carbons (Fsp3) is 0.500. The van der Waals surface area contributed by atoms with Gasteiger partial charge in [-0.05, 0) is 26.3 Å². The van der Waals surface area contributed by atoms with Gasteiger partial charge in [-0.3, -0.25) is 4.57 Å². The standard InChI is InChI=1S/C12H19O4P/c1-4-15-17(14,16-5-2)12(13)11-8-6-10(3)7-9-11/h6-9,12-13H,4-5H2,1-3H3/t12-/m1/s1. The fourth-order valence-electron chi connectivity index (χ4n) is 1.46. The van der Waals surface area contributed by atoms with Crippen LogP contribution in [0.1, 0.15) is 30.8 Å². The van der Waals surface area contributed by atoms with E-state index in [9.17, 15) is 9.67 Å². The highest BCUT2D eigenvalue weighted by Gasteiger charge is 2.35. The number of hydrogen-bond donors (Lipinski definition) is 1. The zero-order chi connectivity index (χ0) is 12.9. The number of rotatable bonds is 6. The normalized spacial score (nSPS) is 13.6. The van der Waals surface area contributed by atoms with Gasteiger partial charge >= 0.3 is 7.60 Å². The Balaban J connectivity index is 2.95. The van der Waals surface area contributed by atoms with E-state index >= 15 is 0 Å². The smallest absolute Gasteiger partial charge is 0.363 e. The predicted octanol–water partition coefficient (Wildman–Crippen LogP) is 3.25. The number of aliphatic hydroxyl groups excluding tert-OH is 1. The molecule has 0 spiro atoms. The van der Waals surface area contributed by atoms with Crippen LogP contribution >= 0.6 is 7.60 Å². The van der Waals surface area contributed by atoms with Crippen LogP contribution in [0.3, 0.4) is 0 Å². The Labute approximate surface area is 102 Å². The first-order valence-electron chi connectivity index (χ1n) is 5.67. The molecule has 0 saturated carbocycles. The topological polar surface area (TPSA) is 55.8 Å². The summed E-state index contributed by atoms with van der Waals surface area (Å²) in [5.41, 5.74) is 1.62. The van der Waals surface area contributed by atoms with E-state index < -0.39 is 13.4 Å². The van der Waals surface area contributed by atoms with E-state index in [2.05, 4.69) is 0 Å². The molecule has 1 N–H and O–H groups in total. The lowest BCUT2D eigenvalue weighted by Crippen LogP contribution is -2.06. The molecule has 0 amide bonds. The summed E-state index contributed by atoms with van der Waals surface area (Å²) in [7, 11) is -3.49. The van der Waals surface area contributed by atoms with E-state index in [-0.39, 0.29) is 13.2 Å². The first kappa shape index (κ1) is 14.4. The summed E-state index contributed by atoms with van der Waals surface area (Å²) in [5.74, 6) is -1.23. The Morgan fingerprint density at radius 3 is 2.06 bits per heavy atom. The van der Waals surface area contributed by atoms with Gasteiger partial charge in [0.1, 0.15) is 0 Å². The van der Waals surface area contributed by atoms with Crippen LogP contribution < -0.4 is 0 Å². The molecule has 0 aliphatic heterocycles. The minimum atomic E-state index is -3.49. The Morgan fingerprint density at radius 1 is 1.18 bits per heavy atom. The highest BCUT2D eigenvalue weighted by Crippen LogP contribution is 2.59. The van der Waals surface area contributed by atoms with Crippen LogP contribution in [0.5, 0.6) is 0 Å². The summed E-state index contributed by atoms with van der Waals surface area (Å²) in [4.78, 5) is 0. The fourth-order valence-corrected chi connectivity index (χ4v) is 3.07. The van der Waals surface area contributed by atoms with Gasteiger partial charge in [-0.25, -0.2) is 0 Å². The molecule has 1 rings (SSSR count). The molecule has 0 fully saturated rings. The summed E-state index contributed by atoms with van der Waals surface area (Å²) in [6.07, 6.45) is 0. The van der Waals surface area contributed by atoms with E-state index in [4.69, 9.17) is 9.05 Å². The van der Waals surface area contributed by atoms with Crippen molar-refractivity contribution in [3.63, 3.8) is 0 Å². The average molecular weight is 258 g/mol. The maximum absolute atomic E-state index is 12.3. The maximum atomic E-state index is 12.3. The van der Waals surface area contributed by atoms with E-state index in [1.165, 1.54) is 0 Å². The molecule has 0 aromatic heterocycles. The van der Waals surface area contributed by atoms with Gasteiger partial charge in [0, 0.05) is 0 Å². The largest absolute Gasteiger partial charge is 0.376 e. The molecule has 5 heteroatoms. The number of benzene rings is 1. The molecule has 0 heterocycles. The molecule has 0 aliphatic rings. The number of aliphatic hydroxyl groups is 1. The van der Waals surface area contributed by atoms with Gasteiger partial charge in [-0.2, -0.15) is 0 Å². The van der Waals surface area contributed by atoms with Crippen LogP contribution in [0, 0.1) is 6.92 Å². The van der Waals surface area contributed by atoms with Gasteiger partial charge in [0.05, 0.1) is 13.2 Å². The lowest BCUT2D eigenvalue weighted by Gasteiger charge is -2.22. The van der Waals surface area contributed by atoms with Crippen LogP contribution in [0.4, 0.5) is 0 Å². The van der Waals surface area contributed by atoms with E-state index in [1.807, 2.05) is 19.1 Å². The summed E-state index contributed by atoms with van der Waals surface area (Å²) >= 11 is 0. The monoisotopic (exact) mass is 258 g/mol. The second-order valence-electron chi connectivity index (χ2n) is 3.66. The van der Waals surface area contributed by atoms with Gasteiger partial charge in [0.15, 0.2) is 5.85 Å². The van der Waals surface area contributed by atoms with Crippen molar-refractivity contribution in [3.8, 4) is 0 Å². The summed E-state index contributed by atoms with van der Waals surface area (Å²) in [5, 5.41) is 10.1. The third-order valence-corrected chi connectivity index (χ3v) is 4.43. The van der Waals surface area contributed by atoms with Crippen molar-refractivity contribution in [1.29, 1.82) is 0 Å². The van der Waals surface area contributed by atoms with E-state index in [0.29, 0.717) is 5.56 Å². The first-order chi connectivity index (χ1) is 8.03. The highest BCUT2D eigenvalue weighted by molar-refractivity contribution is 7.54. The lowest BCUT2D eigenvalue weighted by molar-refractivity contribution is 0.150. The Morgan fingerprint density at radius 2 is 1.65 bits per heavy atom. The Kier molecular flexibility index (Phi) is 5.34. The SMILES string of the molecule is CCOP(=O)(OCC)[C@@H](O)c1ccc(C)cc1. The quantitative estimate of drug-likeness (QED) is 0.796. The molecule has 1 aromatic carbocycles. The molecule has 1 atom stereocenters. The predicted molar refractivity (Wildman–Crippen MR) is 67.0 cm³/mol. The Bertz CT molecular complexity index is 378. The van der Waals surface area contributed by atoms with Crippen molar-refractivity contribution < 1.29 is 18.7 Å². The molecule has 96 valence electrons. The molecular formula is C12H19O4P. The number of aryl methyl sites for hydroxylation is 1. The van der Waals surface area contributed by atoms with Crippen LogP contribution in [0.25, 0.3) is 0 Å². The number of hydrogen-bond acceptors (Lipinski definition) is 4. The van der Waals surface area contributed by atoms with Crippen LogP contribution in [-0.4, -0.2) is 18.3 Å². The first-order valence-corrected chi connectivity index (χ1v) is 7.28. The molecule has 17 heavy (non-hydrogen) atoms. The Hall–Kier alpha value is -0.670. The van der Waals surface area contributed by atoms with Crippen LogP contribution in [0.15, 0.2) is 24.3 Å². The molecular weight excluding hydrogens is 239 g/mol. The zero-order valence-corrected chi connectivity index (χ0v) is 11.3. The van der Waals surface area contributed by atoms with Crippen molar-refractivity contribution in [2.24, 2.45) is 0 Å². The molecule has 0 unspecified atom stereocenters.